The molecule has 1 N–H and O–H groups in total. The van der Waals surface area contributed by atoms with Crippen LogP contribution in [0.5, 0.6) is 5.75 Å². The number of hydrogen-bond donors (Lipinski definition) is 1. The van der Waals surface area contributed by atoms with E-state index in [4.69, 9.17) is 20.9 Å². The first-order valence-corrected chi connectivity index (χ1v) is 5.83. The second-order valence-electron chi connectivity index (χ2n) is 3.89. The topological polar surface area (TPSA) is 68.4 Å². The largest absolute Gasteiger partial charge is 0.482 e. The van der Waals surface area contributed by atoms with Crippen molar-refractivity contribution in [2.45, 2.75) is 26.6 Å². The number of aromatic nitrogens is 2. The van der Waals surface area contributed by atoms with Crippen LogP contribution >= 0.6 is 11.6 Å². The molecule has 0 fully saturated rings. The Bertz CT molecular complexity index is 540. The molecular formula is C12H13ClN2O3. The van der Waals surface area contributed by atoms with E-state index in [1.54, 1.807) is 32.0 Å². The molecule has 0 saturated heterocycles. The highest BCUT2D eigenvalue weighted by molar-refractivity contribution is 6.32. The minimum atomic E-state index is -0.560. The molecule has 0 radical (unpaired) electrons. The van der Waals surface area contributed by atoms with Gasteiger partial charge in [0, 0.05) is 0 Å². The Balaban J connectivity index is 2.05. The van der Waals surface area contributed by atoms with Gasteiger partial charge in [0.2, 0.25) is 0 Å². The second kappa shape index (κ2) is 5.37. The Kier molecular flexibility index (Phi) is 3.84. The van der Waals surface area contributed by atoms with Crippen molar-refractivity contribution in [2.75, 3.05) is 0 Å². The van der Waals surface area contributed by atoms with Crippen molar-refractivity contribution in [1.82, 2.24) is 10.1 Å². The molecule has 0 amide bonds. The van der Waals surface area contributed by atoms with Gasteiger partial charge in [-0.15, -0.1) is 0 Å². The van der Waals surface area contributed by atoms with E-state index in [-0.39, 0.29) is 6.61 Å². The molecule has 6 heteroatoms. The van der Waals surface area contributed by atoms with Crippen molar-refractivity contribution in [2.24, 2.45) is 0 Å². The minimum Gasteiger partial charge on any atom is -0.482 e. The van der Waals surface area contributed by atoms with Crippen molar-refractivity contribution in [3.63, 3.8) is 0 Å². The lowest BCUT2D eigenvalue weighted by atomic mass is 10.1. The first kappa shape index (κ1) is 12.9. The summed E-state index contributed by atoms with van der Waals surface area (Å²) in [5.74, 6) is 1.46. The van der Waals surface area contributed by atoms with Crippen LogP contribution in [0.15, 0.2) is 22.7 Å². The van der Waals surface area contributed by atoms with Gasteiger partial charge in [-0.25, -0.2) is 0 Å². The maximum Gasteiger partial charge on any atom is 0.264 e. The highest BCUT2D eigenvalue weighted by atomic mass is 35.5. The average Bonchev–Trinajstić information content (AvgIpc) is 2.73. The zero-order chi connectivity index (χ0) is 13.1. The number of halogens is 1. The van der Waals surface area contributed by atoms with Gasteiger partial charge < -0.3 is 14.4 Å². The van der Waals surface area contributed by atoms with Crippen LogP contribution in [0.2, 0.25) is 5.02 Å². The van der Waals surface area contributed by atoms with Crippen LogP contribution in [0.1, 0.15) is 30.3 Å². The second-order valence-corrected chi connectivity index (χ2v) is 4.30. The van der Waals surface area contributed by atoms with E-state index in [0.29, 0.717) is 22.5 Å². The quantitative estimate of drug-likeness (QED) is 0.923. The molecule has 0 saturated carbocycles. The van der Waals surface area contributed by atoms with Crippen LogP contribution in [0.3, 0.4) is 0 Å². The van der Waals surface area contributed by atoms with Crippen LogP contribution in [0, 0.1) is 6.92 Å². The predicted octanol–water partition coefficient (Wildman–Crippen LogP) is 2.66. The molecular weight excluding hydrogens is 256 g/mol. The first-order chi connectivity index (χ1) is 8.56. The molecule has 5 nitrogen and oxygen atoms in total. The van der Waals surface area contributed by atoms with Gasteiger partial charge >= 0.3 is 0 Å². The Morgan fingerprint density at radius 1 is 1.50 bits per heavy atom. The van der Waals surface area contributed by atoms with Gasteiger partial charge in [0.1, 0.15) is 5.75 Å². The molecule has 1 aromatic heterocycles. The summed E-state index contributed by atoms with van der Waals surface area (Å²) in [5, 5.41) is 13.5. The van der Waals surface area contributed by atoms with Gasteiger partial charge in [-0.3, -0.25) is 0 Å². The van der Waals surface area contributed by atoms with Gasteiger partial charge in [0.15, 0.2) is 12.4 Å². The number of aliphatic hydroxyl groups excluding tert-OH is 1. The summed E-state index contributed by atoms with van der Waals surface area (Å²) in [4.78, 5) is 4.02. The summed E-state index contributed by atoms with van der Waals surface area (Å²) in [7, 11) is 0. The normalized spacial score (nSPS) is 12.4. The zero-order valence-corrected chi connectivity index (χ0v) is 10.8. The van der Waals surface area contributed by atoms with Crippen LogP contribution in [0.4, 0.5) is 0 Å². The number of ether oxygens (including phenoxy) is 1. The Labute approximate surface area is 109 Å². The number of aliphatic hydroxyl groups is 1. The molecule has 1 heterocycles. The third-order valence-corrected chi connectivity index (χ3v) is 2.65. The summed E-state index contributed by atoms with van der Waals surface area (Å²) in [6.45, 7) is 3.57. The molecule has 1 atom stereocenters. The molecule has 0 unspecified atom stereocenters. The lowest BCUT2D eigenvalue weighted by Gasteiger charge is -2.09. The molecule has 2 aromatic rings. The third-order valence-electron chi connectivity index (χ3n) is 2.36. The van der Waals surface area contributed by atoms with Crippen LogP contribution in [0.25, 0.3) is 0 Å². The molecule has 96 valence electrons. The van der Waals surface area contributed by atoms with Gasteiger partial charge in [0.05, 0.1) is 11.1 Å². The number of hydrogen-bond acceptors (Lipinski definition) is 5. The Morgan fingerprint density at radius 3 is 2.83 bits per heavy atom. The number of rotatable bonds is 4. The zero-order valence-electron chi connectivity index (χ0n) is 10.1. The summed E-state index contributed by atoms with van der Waals surface area (Å²) < 4.78 is 10.4. The van der Waals surface area contributed by atoms with E-state index in [1.165, 1.54) is 0 Å². The van der Waals surface area contributed by atoms with E-state index >= 15 is 0 Å². The van der Waals surface area contributed by atoms with Gasteiger partial charge in [0.25, 0.3) is 5.89 Å². The maximum absolute atomic E-state index is 9.42. The smallest absolute Gasteiger partial charge is 0.264 e. The summed E-state index contributed by atoms with van der Waals surface area (Å²) >= 11 is 6.04. The van der Waals surface area contributed by atoms with E-state index in [9.17, 15) is 5.11 Å². The van der Waals surface area contributed by atoms with Crippen LogP contribution < -0.4 is 4.74 Å². The summed E-state index contributed by atoms with van der Waals surface area (Å²) in [6.07, 6.45) is -0.560. The highest BCUT2D eigenvalue weighted by Crippen LogP contribution is 2.28. The number of aryl methyl sites for hydroxylation is 1. The predicted molar refractivity (Wildman–Crippen MR) is 65.5 cm³/mol. The Morgan fingerprint density at radius 2 is 2.28 bits per heavy atom. The van der Waals surface area contributed by atoms with Crippen molar-refractivity contribution < 1.29 is 14.4 Å². The summed E-state index contributed by atoms with van der Waals surface area (Å²) in [5.41, 5.74) is 0.737. The van der Waals surface area contributed by atoms with E-state index < -0.39 is 6.10 Å². The number of benzene rings is 1. The molecule has 0 aliphatic heterocycles. The molecule has 18 heavy (non-hydrogen) atoms. The van der Waals surface area contributed by atoms with Crippen molar-refractivity contribution in [1.29, 1.82) is 0 Å². The van der Waals surface area contributed by atoms with Gasteiger partial charge in [-0.2, -0.15) is 4.98 Å². The minimum absolute atomic E-state index is 0.161. The van der Waals surface area contributed by atoms with Crippen LogP contribution in [-0.2, 0) is 6.61 Å². The SMILES string of the molecule is Cc1noc(COc2ccc([C@H](C)O)cc2Cl)n1. The third kappa shape index (κ3) is 3.00. The van der Waals surface area contributed by atoms with E-state index in [0.717, 1.165) is 5.56 Å². The standard InChI is InChI=1S/C12H13ClN2O3/c1-7(16)9-3-4-11(10(13)5-9)17-6-12-14-8(2)15-18-12/h3-5,7,16H,6H2,1-2H3/t7-/m0/s1. The van der Waals surface area contributed by atoms with Crippen LogP contribution in [-0.4, -0.2) is 15.2 Å². The fraction of sp³-hybridized carbons (Fsp3) is 0.333. The maximum atomic E-state index is 9.42. The molecule has 0 aliphatic carbocycles. The van der Waals surface area contributed by atoms with E-state index in [2.05, 4.69) is 10.1 Å². The highest BCUT2D eigenvalue weighted by Gasteiger charge is 2.09. The first-order valence-electron chi connectivity index (χ1n) is 5.46. The van der Waals surface area contributed by atoms with E-state index in [1.807, 2.05) is 0 Å². The molecule has 2 rings (SSSR count). The monoisotopic (exact) mass is 268 g/mol. The average molecular weight is 269 g/mol. The molecule has 0 aliphatic rings. The Hall–Kier alpha value is -1.59. The van der Waals surface area contributed by atoms with Gasteiger partial charge in [-0.05, 0) is 31.5 Å². The number of nitrogens with zero attached hydrogens (tertiary/aromatic N) is 2. The lowest BCUT2D eigenvalue weighted by molar-refractivity contribution is 0.199. The molecule has 1 aromatic carbocycles. The van der Waals surface area contributed by atoms with Gasteiger partial charge in [-0.1, -0.05) is 22.8 Å². The fourth-order valence-electron chi connectivity index (χ4n) is 1.43. The molecule has 0 spiro atoms. The van der Waals surface area contributed by atoms with Crippen molar-refractivity contribution in [3.05, 3.63) is 40.5 Å². The van der Waals surface area contributed by atoms with Crippen molar-refractivity contribution in [3.8, 4) is 5.75 Å². The van der Waals surface area contributed by atoms with Crippen molar-refractivity contribution >= 4 is 11.6 Å². The summed E-state index contributed by atoms with van der Waals surface area (Å²) in [6, 6.07) is 5.12. The fourth-order valence-corrected chi connectivity index (χ4v) is 1.68. The lowest BCUT2D eigenvalue weighted by Crippen LogP contribution is -1.98. The molecule has 0 bridgehead atoms.